The molecule has 40 heavy (non-hydrogen) atoms. The average Bonchev–Trinajstić information content (AvgIpc) is 3.52. The van der Waals surface area contributed by atoms with Gasteiger partial charge in [0.25, 0.3) is 5.92 Å². The summed E-state index contributed by atoms with van der Waals surface area (Å²) in [5.74, 6) is -5.14. The minimum atomic E-state index is -4.98. The van der Waals surface area contributed by atoms with Crippen LogP contribution in [0.5, 0.6) is 5.75 Å². The highest BCUT2D eigenvalue weighted by Crippen LogP contribution is 2.50. The fourth-order valence-electron chi connectivity index (χ4n) is 4.37. The van der Waals surface area contributed by atoms with Crippen LogP contribution in [0.1, 0.15) is 37.4 Å². The first-order valence-corrected chi connectivity index (χ1v) is 12.0. The van der Waals surface area contributed by atoms with Crippen LogP contribution in [0.25, 0.3) is 22.5 Å². The minimum Gasteiger partial charge on any atom is -0.406 e. The van der Waals surface area contributed by atoms with Gasteiger partial charge in [-0.25, -0.2) is 9.49 Å². The van der Waals surface area contributed by atoms with Crippen molar-refractivity contribution in [2.24, 2.45) is 0 Å². The van der Waals surface area contributed by atoms with Crippen molar-refractivity contribution in [1.29, 1.82) is 0 Å². The summed E-state index contributed by atoms with van der Waals surface area (Å²) in [6, 6.07) is 10.1. The second-order valence-electron chi connectivity index (χ2n) is 9.23. The third kappa shape index (κ3) is 5.33. The van der Waals surface area contributed by atoms with Gasteiger partial charge in [0.15, 0.2) is 5.82 Å². The van der Waals surface area contributed by atoms with Gasteiger partial charge >= 0.3 is 6.36 Å². The molecule has 0 bridgehead atoms. The first-order valence-electron chi connectivity index (χ1n) is 12.0. The smallest absolute Gasteiger partial charge is 0.406 e. The molecule has 1 saturated carbocycles. The predicted octanol–water partition coefficient (Wildman–Crippen LogP) is 6.14. The predicted molar refractivity (Wildman–Crippen MR) is 130 cm³/mol. The van der Waals surface area contributed by atoms with E-state index in [0.717, 1.165) is 12.1 Å². The SMILES string of the molecule is CCC(F)(F)c1ccc(-c2ccc(NC(=O)C3(c4ccc(OC(F)(F)F)cc4F)CC3)cc2-c2nnn[nH]2)cn1. The lowest BCUT2D eigenvalue weighted by atomic mass is 9.93. The van der Waals surface area contributed by atoms with Crippen molar-refractivity contribution in [3.63, 3.8) is 0 Å². The monoisotopic (exact) mass is 562 g/mol. The Kier molecular flexibility index (Phi) is 6.72. The molecule has 8 nitrogen and oxygen atoms in total. The lowest BCUT2D eigenvalue weighted by Gasteiger charge is -2.18. The number of hydrogen-bond donors (Lipinski definition) is 2. The number of hydrogen-bond acceptors (Lipinski definition) is 6. The Labute approximate surface area is 222 Å². The van der Waals surface area contributed by atoms with Crippen LogP contribution in [0.3, 0.4) is 0 Å². The molecule has 14 heteroatoms. The van der Waals surface area contributed by atoms with Crippen LogP contribution in [0.15, 0.2) is 54.7 Å². The van der Waals surface area contributed by atoms with E-state index in [1.54, 1.807) is 18.2 Å². The number of alkyl halides is 5. The maximum absolute atomic E-state index is 14.8. The van der Waals surface area contributed by atoms with Gasteiger partial charge in [0, 0.05) is 41.1 Å². The van der Waals surface area contributed by atoms with Crippen molar-refractivity contribution in [3.8, 4) is 28.3 Å². The van der Waals surface area contributed by atoms with E-state index in [2.05, 4.69) is 35.7 Å². The summed E-state index contributed by atoms with van der Waals surface area (Å²) in [4.78, 5) is 17.2. The highest BCUT2D eigenvalue weighted by atomic mass is 19.4. The molecule has 0 atom stereocenters. The van der Waals surface area contributed by atoms with Crippen LogP contribution in [-0.4, -0.2) is 37.9 Å². The molecule has 0 spiro atoms. The molecule has 1 amide bonds. The van der Waals surface area contributed by atoms with Gasteiger partial charge in [-0.1, -0.05) is 25.1 Å². The Morgan fingerprint density at radius 1 is 1.05 bits per heavy atom. The second-order valence-corrected chi connectivity index (χ2v) is 9.23. The van der Waals surface area contributed by atoms with Gasteiger partial charge in [-0.05, 0) is 53.1 Å². The number of rotatable bonds is 8. The van der Waals surface area contributed by atoms with E-state index in [1.165, 1.54) is 25.3 Å². The lowest BCUT2D eigenvalue weighted by molar-refractivity contribution is -0.274. The van der Waals surface area contributed by atoms with Crippen LogP contribution in [0.2, 0.25) is 0 Å². The standard InChI is InChI=1S/C26H20F6N6O2/c1-2-25(28,29)21-8-3-14(13-33-21)17-6-4-15(11-18(17)22-35-37-38-36-22)34-23(39)24(9-10-24)19-7-5-16(12-20(19)27)40-26(30,31)32/h3-8,11-13H,2,9-10H2,1H3,(H,34,39)(H,35,36,37,38). The third-order valence-corrected chi connectivity index (χ3v) is 6.65. The Bertz CT molecular complexity index is 1540. The first-order chi connectivity index (χ1) is 18.9. The molecule has 5 rings (SSSR count). The molecule has 2 heterocycles. The van der Waals surface area contributed by atoms with E-state index in [0.29, 0.717) is 28.4 Å². The van der Waals surface area contributed by atoms with E-state index in [1.807, 2.05) is 0 Å². The van der Waals surface area contributed by atoms with Crippen LogP contribution in [0.4, 0.5) is 32.0 Å². The number of carbonyl (C=O) groups is 1. The topological polar surface area (TPSA) is 106 Å². The molecule has 0 radical (unpaired) electrons. The number of anilines is 1. The van der Waals surface area contributed by atoms with Crippen molar-refractivity contribution in [3.05, 3.63) is 71.8 Å². The molecule has 2 N–H and O–H groups in total. The molecule has 4 aromatic rings. The Balaban J connectivity index is 1.42. The summed E-state index contributed by atoms with van der Waals surface area (Å²) < 4.78 is 84.0. The molecular formula is C26H20F6N6O2. The largest absolute Gasteiger partial charge is 0.573 e. The number of carbonyl (C=O) groups excluding carboxylic acids is 1. The summed E-state index contributed by atoms with van der Waals surface area (Å²) in [5, 5.41) is 16.4. The summed E-state index contributed by atoms with van der Waals surface area (Å²) >= 11 is 0. The van der Waals surface area contributed by atoms with Gasteiger partial charge in [-0.2, -0.15) is 8.78 Å². The number of tetrazole rings is 1. The van der Waals surface area contributed by atoms with Gasteiger partial charge in [-0.15, -0.1) is 18.3 Å². The van der Waals surface area contributed by atoms with E-state index in [9.17, 15) is 31.1 Å². The third-order valence-electron chi connectivity index (χ3n) is 6.65. The molecule has 208 valence electrons. The number of pyridine rings is 1. The molecule has 1 aliphatic carbocycles. The zero-order valence-electron chi connectivity index (χ0n) is 20.7. The summed E-state index contributed by atoms with van der Waals surface area (Å²) in [6.45, 7) is 1.36. The van der Waals surface area contributed by atoms with E-state index >= 15 is 0 Å². The van der Waals surface area contributed by atoms with Gasteiger partial charge in [0.05, 0.1) is 5.41 Å². The fraction of sp³-hybridized carbons (Fsp3) is 0.269. The fourth-order valence-corrected chi connectivity index (χ4v) is 4.37. The Morgan fingerprint density at radius 3 is 2.40 bits per heavy atom. The van der Waals surface area contributed by atoms with Gasteiger partial charge < -0.3 is 10.1 Å². The summed E-state index contributed by atoms with van der Waals surface area (Å²) in [5.41, 5.74) is 0.0498. The van der Waals surface area contributed by atoms with Crippen LogP contribution >= 0.6 is 0 Å². The average molecular weight is 562 g/mol. The maximum Gasteiger partial charge on any atom is 0.573 e. The molecule has 1 fully saturated rings. The zero-order valence-corrected chi connectivity index (χ0v) is 20.7. The van der Waals surface area contributed by atoms with Crippen LogP contribution in [0, 0.1) is 5.82 Å². The molecule has 0 unspecified atom stereocenters. The zero-order chi connectivity index (χ0) is 28.7. The van der Waals surface area contributed by atoms with Crippen LogP contribution in [-0.2, 0) is 16.1 Å². The highest BCUT2D eigenvalue weighted by molar-refractivity contribution is 6.02. The number of aromatic nitrogens is 5. The highest BCUT2D eigenvalue weighted by Gasteiger charge is 2.53. The number of amides is 1. The number of halogens is 6. The molecular weight excluding hydrogens is 542 g/mol. The molecule has 1 aliphatic rings. The van der Waals surface area contributed by atoms with Gasteiger partial charge in [0.1, 0.15) is 17.3 Å². The quantitative estimate of drug-likeness (QED) is 0.250. The summed E-state index contributed by atoms with van der Waals surface area (Å²) in [7, 11) is 0. The number of nitrogens with zero attached hydrogens (tertiary/aromatic N) is 4. The normalized spacial score (nSPS) is 14.6. The van der Waals surface area contributed by atoms with E-state index in [-0.39, 0.29) is 29.9 Å². The van der Waals surface area contributed by atoms with Crippen LogP contribution < -0.4 is 10.1 Å². The van der Waals surface area contributed by atoms with E-state index in [4.69, 9.17) is 0 Å². The summed E-state index contributed by atoms with van der Waals surface area (Å²) in [6.07, 6.45) is -3.52. The van der Waals surface area contributed by atoms with E-state index < -0.39 is 41.6 Å². The molecule has 0 saturated heterocycles. The van der Waals surface area contributed by atoms with Crippen molar-refractivity contribution in [2.75, 3.05) is 5.32 Å². The number of nitrogens with one attached hydrogen (secondary N) is 2. The number of benzene rings is 2. The van der Waals surface area contributed by atoms with Crippen molar-refractivity contribution in [1.82, 2.24) is 25.6 Å². The van der Waals surface area contributed by atoms with Crippen molar-refractivity contribution < 1.29 is 35.9 Å². The molecule has 0 aliphatic heterocycles. The molecule has 2 aromatic carbocycles. The van der Waals surface area contributed by atoms with Crippen molar-refractivity contribution in [2.45, 2.75) is 43.9 Å². The number of ether oxygens (including phenoxy) is 1. The minimum absolute atomic E-state index is 0.0501. The van der Waals surface area contributed by atoms with Gasteiger partial charge in [-0.3, -0.25) is 9.78 Å². The number of aromatic amines is 1. The first kappa shape index (κ1) is 27.1. The lowest BCUT2D eigenvalue weighted by Crippen LogP contribution is -2.29. The van der Waals surface area contributed by atoms with Gasteiger partial charge in [0.2, 0.25) is 5.91 Å². The Morgan fingerprint density at radius 2 is 1.82 bits per heavy atom. The maximum atomic E-state index is 14.8. The molecule has 2 aromatic heterocycles. The number of H-pyrrole nitrogens is 1. The van der Waals surface area contributed by atoms with Crippen molar-refractivity contribution >= 4 is 11.6 Å². The Hall–Kier alpha value is -4.49. The second kappa shape index (κ2) is 9.92.